The first kappa shape index (κ1) is 23.5. The molecule has 32 heavy (non-hydrogen) atoms. The van der Waals surface area contributed by atoms with E-state index in [-0.39, 0.29) is 23.0 Å². The van der Waals surface area contributed by atoms with Crippen molar-refractivity contribution in [1.82, 2.24) is 10.6 Å². The fourth-order valence-corrected chi connectivity index (χ4v) is 3.94. The predicted molar refractivity (Wildman–Crippen MR) is 124 cm³/mol. The Labute approximate surface area is 194 Å². The average molecular weight is 502 g/mol. The van der Waals surface area contributed by atoms with Crippen LogP contribution in [0.4, 0.5) is 5.69 Å². The summed E-state index contributed by atoms with van der Waals surface area (Å²) < 4.78 is 5.96. The van der Waals surface area contributed by atoms with Crippen LogP contribution in [0.15, 0.2) is 52.6 Å². The molecule has 0 aliphatic heterocycles. The highest BCUT2D eigenvalue weighted by Crippen LogP contribution is 2.24. The number of halogens is 1. The number of methoxy groups -OCH3 is 1. The number of amides is 2. The molecule has 1 aliphatic rings. The first-order valence-electron chi connectivity index (χ1n) is 10.3. The Bertz CT molecular complexity index is 1030. The normalized spacial score (nSPS) is 14.5. The molecule has 168 valence electrons. The van der Waals surface area contributed by atoms with Crippen molar-refractivity contribution in [1.29, 1.82) is 0 Å². The number of nitrogens with zero attached hydrogens (tertiary/aromatic N) is 1. The van der Waals surface area contributed by atoms with Gasteiger partial charge in [-0.15, -0.1) is 0 Å². The number of carbonyl (C=O) groups is 2. The lowest BCUT2D eigenvalue weighted by Crippen LogP contribution is -2.41. The van der Waals surface area contributed by atoms with Crippen LogP contribution in [0.25, 0.3) is 6.08 Å². The molecule has 3 rings (SSSR count). The van der Waals surface area contributed by atoms with E-state index < -0.39 is 16.7 Å². The molecular weight excluding hydrogens is 478 g/mol. The second-order valence-electron chi connectivity index (χ2n) is 7.51. The van der Waals surface area contributed by atoms with Gasteiger partial charge in [-0.25, -0.2) is 0 Å². The van der Waals surface area contributed by atoms with Crippen LogP contribution < -0.4 is 15.4 Å². The summed E-state index contributed by atoms with van der Waals surface area (Å²) in [5.74, 6) is -0.541. The molecule has 0 heterocycles. The Morgan fingerprint density at radius 3 is 2.44 bits per heavy atom. The summed E-state index contributed by atoms with van der Waals surface area (Å²) in [5.41, 5.74) is 0.808. The second kappa shape index (κ2) is 10.9. The Hall–Kier alpha value is -3.20. The fraction of sp³-hybridized carbons (Fsp3) is 0.304. The maximum atomic E-state index is 13.0. The molecule has 0 unspecified atom stereocenters. The molecular formula is C23H24BrN3O5. The van der Waals surface area contributed by atoms with E-state index in [0.29, 0.717) is 15.8 Å². The molecule has 2 amide bonds. The SMILES string of the molecule is COc1ccc(Br)cc1C(=O)NC(=Cc1ccc([N+](=O)[O-])cc1)C(=O)NC1CCCCC1. The Morgan fingerprint density at radius 1 is 1.12 bits per heavy atom. The van der Waals surface area contributed by atoms with E-state index in [1.54, 1.807) is 18.2 Å². The molecule has 2 aromatic carbocycles. The van der Waals surface area contributed by atoms with Crippen LogP contribution in [0, 0.1) is 10.1 Å². The number of ether oxygens (including phenoxy) is 1. The van der Waals surface area contributed by atoms with Gasteiger partial charge in [0.15, 0.2) is 0 Å². The summed E-state index contributed by atoms with van der Waals surface area (Å²) in [4.78, 5) is 36.4. The Kier molecular flexibility index (Phi) is 7.99. The van der Waals surface area contributed by atoms with Crippen molar-refractivity contribution in [2.75, 3.05) is 7.11 Å². The summed E-state index contributed by atoms with van der Waals surface area (Å²) in [6, 6.07) is 10.8. The molecule has 0 spiro atoms. The summed E-state index contributed by atoms with van der Waals surface area (Å²) >= 11 is 3.34. The standard InChI is InChI=1S/C23H24BrN3O5/c1-32-21-12-9-16(24)14-19(21)22(28)26-20(23(29)25-17-5-3-2-4-6-17)13-15-7-10-18(11-8-15)27(30)31/h7-14,17H,2-6H2,1H3,(H,25,29)(H,26,28). The van der Waals surface area contributed by atoms with Crippen molar-refractivity contribution in [2.24, 2.45) is 0 Å². The van der Waals surface area contributed by atoms with Crippen LogP contribution in [-0.2, 0) is 4.79 Å². The van der Waals surface area contributed by atoms with Gasteiger partial charge < -0.3 is 15.4 Å². The lowest BCUT2D eigenvalue weighted by atomic mass is 9.95. The van der Waals surface area contributed by atoms with Crippen molar-refractivity contribution in [2.45, 2.75) is 38.1 Å². The van der Waals surface area contributed by atoms with Crippen molar-refractivity contribution in [3.63, 3.8) is 0 Å². The maximum Gasteiger partial charge on any atom is 0.269 e. The highest BCUT2D eigenvalue weighted by atomic mass is 79.9. The zero-order valence-corrected chi connectivity index (χ0v) is 19.2. The second-order valence-corrected chi connectivity index (χ2v) is 8.43. The van der Waals surface area contributed by atoms with Crippen molar-refractivity contribution >= 4 is 39.5 Å². The van der Waals surface area contributed by atoms with Gasteiger partial charge in [0, 0.05) is 22.6 Å². The van der Waals surface area contributed by atoms with Crippen LogP contribution in [0.3, 0.4) is 0 Å². The van der Waals surface area contributed by atoms with E-state index in [1.807, 2.05) is 0 Å². The molecule has 2 aromatic rings. The maximum absolute atomic E-state index is 13.0. The minimum absolute atomic E-state index is 0.0498. The summed E-state index contributed by atoms with van der Waals surface area (Å²) in [5, 5.41) is 16.6. The number of rotatable bonds is 7. The average Bonchev–Trinajstić information content (AvgIpc) is 2.79. The number of nitrogens with one attached hydrogen (secondary N) is 2. The molecule has 9 heteroatoms. The lowest BCUT2D eigenvalue weighted by molar-refractivity contribution is -0.384. The molecule has 0 saturated heterocycles. The van der Waals surface area contributed by atoms with E-state index in [2.05, 4.69) is 26.6 Å². The van der Waals surface area contributed by atoms with Gasteiger partial charge in [0.25, 0.3) is 17.5 Å². The third kappa shape index (κ3) is 6.16. The predicted octanol–water partition coefficient (Wildman–Crippen LogP) is 4.59. The fourth-order valence-electron chi connectivity index (χ4n) is 3.57. The Morgan fingerprint density at radius 2 is 1.81 bits per heavy atom. The van der Waals surface area contributed by atoms with E-state index >= 15 is 0 Å². The van der Waals surface area contributed by atoms with Gasteiger partial charge in [0.05, 0.1) is 17.6 Å². The minimum atomic E-state index is -0.505. The van der Waals surface area contributed by atoms with Crippen LogP contribution in [0.1, 0.15) is 48.0 Å². The van der Waals surface area contributed by atoms with Crippen LogP contribution in [-0.4, -0.2) is 29.9 Å². The molecule has 0 atom stereocenters. The molecule has 1 aliphatic carbocycles. The third-order valence-electron chi connectivity index (χ3n) is 5.25. The number of non-ortho nitro benzene ring substituents is 1. The molecule has 8 nitrogen and oxygen atoms in total. The highest BCUT2D eigenvalue weighted by Gasteiger charge is 2.21. The van der Waals surface area contributed by atoms with Crippen LogP contribution in [0.2, 0.25) is 0 Å². The summed E-state index contributed by atoms with van der Waals surface area (Å²) in [6.45, 7) is 0. The number of carbonyl (C=O) groups excluding carboxylic acids is 2. The van der Waals surface area contributed by atoms with Gasteiger partial charge in [0.1, 0.15) is 11.4 Å². The van der Waals surface area contributed by atoms with Crippen LogP contribution >= 0.6 is 15.9 Å². The van der Waals surface area contributed by atoms with E-state index in [4.69, 9.17) is 4.74 Å². The van der Waals surface area contributed by atoms with Gasteiger partial charge in [-0.1, -0.05) is 35.2 Å². The topological polar surface area (TPSA) is 111 Å². The van der Waals surface area contributed by atoms with Crippen molar-refractivity contribution < 1.29 is 19.2 Å². The molecule has 0 radical (unpaired) electrons. The summed E-state index contributed by atoms with van der Waals surface area (Å²) in [7, 11) is 1.46. The lowest BCUT2D eigenvalue weighted by Gasteiger charge is -2.23. The number of nitro benzene ring substituents is 1. The third-order valence-corrected chi connectivity index (χ3v) is 5.75. The van der Waals surface area contributed by atoms with Gasteiger partial charge in [-0.2, -0.15) is 0 Å². The molecule has 1 fully saturated rings. The number of nitro groups is 1. The smallest absolute Gasteiger partial charge is 0.269 e. The quantitative estimate of drug-likeness (QED) is 0.327. The molecule has 0 aromatic heterocycles. The first-order valence-corrected chi connectivity index (χ1v) is 11.1. The number of hydrogen-bond donors (Lipinski definition) is 2. The zero-order valence-electron chi connectivity index (χ0n) is 17.6. The van der Waals surface area contributed by atoms with Gasteiger partial charge in [-0.3, -0.25) is 19.7 Å². The minimum Gasteiger partial charge on any atom is -0.496 e. The van der Waals surface area contributed by atoms with Crippen LogP contribution in [0.5, 0.6) is 5.75 Å². The largest absolute Gasteiger partial charge is 0.496 e. The van der Waals surface area contributed by atoms with E-state index in [1.165, 1.54) is 37.5 Å². The van der Waals surface area contributed by atoms with E-state index in [9.17, 15) is 19.7 Å². The van der Waals surface area contributed by atoms with Gasteiger partial charge >= 0.3 is 0 Å². The Balaban J connectivity index is 1.88. The molecule has 1 saturated carbocycles. The summed E-state index contributed by atoms with van der Waals surface area (Å²) in [6.07, 6.45) is 6.54. The number of benzene rings is 2. The zero-order chi connectivity index (χ0) is 23.1. The first-order chi connectivity index (χ1) is 15.4. The van der Waals surface area contributed by atoms with E-state index in [0.717, 1.165) is 32.1 Å². The van der Waals surface area contributed by atoms with Gasteiger partial charge in [-0.05, 0) is 54.8 Å². The van der Waals surface area contributed by atoms with Crippen molar-refractivity contribution in [3.05, 3.63) is 73.9 Å². The van der Waals surface area contributed by atoms with Gasteiger partial charge in [0.2, 0.25) is 0 Å². The molecule has 0 bridgehead atoms. The monoisotopic (exact) mass is 501 g/mol. The number of hydrogen-bond acceptors (Lipinski definition) is 5. The molecule has 2 N–H and O–H groups in total. The van der Waals surface area contributed by atoms with Crippen molar-refractivity contribution in [3.8, 4) is 5.75 Å². The highest BCUT2D eigenvalue weighted by molar-refractivity contribution is 9.10.